The van der Waals surface area contributed by atoms with E-state index < -0.39 is 5.76 Å². The molecular formula is C16H13Cl4N3O3. The number of hydrogen-bond donors (Lipinski definition) is 1. The van der Waals surface area contributed by atoms with E-state index in [0.717, 1.165) is 4.68 Å². The minimum absolute atomic E-state index is 0. The van der Waals surface area contributed by atoms with E-state index in [4.69, 9.17) is 49.7 Å². The lowest BCUT2D eigenvalue weighted by Gasteiger charge is -2.10. The fraction of sp³-hybridized carbons (Fsp3) is 0.125. The first-order valence-electron chi connectivity index (χ1n) is 7.04. The molecule has 138 valence electrons. The maximum absolute atomic E-state index is 12.1. The first-order valence-corrected chi connectivity index (χ1v) is 8.17. The van der Waals surface area contributed by atoms with Gasteiger partial charge in [-0.15, -0.1) is 17.5 Å². The molecule has 26 heavy (non-hydrogen) atoms. The Labute approximate surface area is 169 Å². The number of aromatic nitrogens is 2. The number of methoxy groups -OCH3 is 1. The van der Waals surface area contributed by atoms with E-state index in [-0.39, 0.29) is 24.8 Å². The second-order valence-corrected chi connectivity index (χ2v) is 6.37. The topological polar surface area (TPSA) is 83.3 Å². The number of rotatable bonds is 4. The standard InChI is InChI=1S/C16H12Cl3N3O3.ClH/c1-24-14-6-13(20)12(19)5-9(14)7-22-16(23)25-15(21-22)8-2-3-10(17)11(18)4-8;/h2-6H,7,20H2,1H3;1H. The van der Waals surface area contributed by atoms with Crippen LogP contribution < -0.4 is 16.2 Å². The van der Waals surface area contributed by atoms with Crippen LogP contribution in [0.15, 0.2) is 39.5 Å². The highest BCUT2D eigenvalue weighted by Crippen LogP contribution is 2.30. The summed E-state index contributed by atoms with van der Waals surface area (Å²) in [6.45, 7) is 0.104. The highest BCUT2D eigenvalue weighted by atomic mass is 35.5. The predicted octanol–water partition coefficient (Wildman–Crippen LogP) is 4.52. The molecule has 2 N–H and O–H groups in total. The van der Waals surface area contributed by atoms with Crippen molar-refractivity contribution in [2.75, 3.05) is 12.8 Å². The molecule has 0 saturated carbocycles. The Morgan fingerprint density at radius 2 is 1.88 bits per heavy atom. The van der Waals surface area contributed by atoms with E-state index in [1.165, 1.54) is 7.11 Å². The van der Waals surface area contributed by atoms with Gasteiger partial charge in [0.25, 0.3) is 0 Å². The van der Waals surface area contributed by atoms with Crippen molar-refractivity contribution < 1.29 is 9.15 Å². The summed E-state index contributed by atoms with van der Waals surface area (Å²) in [4.78, 5) is 12.1. The van der Waals surface area contributed by atoms with Gasteiger partial charge in [-0.3, -0.25) is 0 Å². The Morgan fingerprint density at radius 3 is 2.54 bits per heavy atom. The summed E-state index contributed by atoms with van der Waals surface area (Å²) in [5, 5.41) is 5.27. The number of halogens is 4. The third-order valence-corrected chi connectivity index (χ3v) is 4.56. The van der Waals surface area contributed by atoms with Crippen molar-refractivity contribution in [1.29, 1.82) is 0 Å². The molecule has 0 saturated heterocycles. The molecule has 3 aromatic rings. The Morgan fingerprint density at radius 1 is 1.15 bits per heavy atom. The summed E-state index contributed by atoms with van der Waals surface area (Å²) in [5.74, 6) is -0.00645. The fourth-order valence-corrected chi connectivity index (χ4v) is 2.72. The van der Waals surface area contributed by atoms with Crippen molar-refractivity contribution in [1.82, 2.24) is 9.78 Å². The second-order valence-electron chi connectivity index (χ2n) is 5.15. The molecule has 1 heterocycles. The molecule has 0 radical (unpaired) electrons. The zero-order chi connectivity index (χ0) is 18.1. The number of hydrogen-bond acceptors (Lipinski definition) is 5. The molecule has 0 atom stereocenters. The molecule has 0 aliphatic carbocycles. The first-order chi connectivity index (χ1) is 11.9. The maximum atomic E-state index is 12.1. The van der Waals surface area contributed by atoms with Gasteiger partial charge in [-0.05, 0) is 24.3 Å². The van der Waals surface area contributed by atoms with E-state index >= 15 is 0 Å². The summed E-state index contributed by atoms with van der Waals surface area (Å²) < 4.78 is 11.6. The smallest absolute Gasteiger partial charge is 0.437 e. The minimum atomic E-state index is -0.629. The zero-order valence-corrected chi connectivity index (χ0v) is 16.4. The summed E-state index contributed by atoms with van der Waals surface area (Å²) in [7, 11) is 1.50. The van der Waals surface area contributed by atoms with Crippen LogP contribution in [0.25, 0.3) is 11.5 Å². The van der Waals surface area contributed by atoms with Crippen molar-refractivity contribution >= 4 is 52.9 Å². The molecule has 0 aliphatic heterocycles. The molecule has 0 amide bonds. The normalized spacial score (nSPS) is 10.5. The highest BCUT2D eigenvalue weighted by molar-refractivity contribution is 6.42. The van der Waals surface area contributed by atoms with E-state index in [9.17, 15) is 4.79 Å². The third-order valence-electron chi connectivity index (χ3n) is 3.49. The van der Waals surface area contributed by atoms with Gasteiger partial charge in [-0.2, -0.15) is 4.68 Å². The minimum Gasteiger partial charge on any atom is -0.496 e. The van der Waals surface area contributed by atoms with E-state index in [1.54, 1.807) is 30.3 Å². The number of anilines is 1. The van der Waals surface area contributed by atoms with Crippen LogP contribution in [0.2, 0.25) is 15.1 Å². The summed E-state index contributed by atoms with van der Waals surface area (Å²) in [5.41, 5.74) is 7.31. The highest BCUT2D eigenvalue weighted by Gasteiger charge is 2.15. The lowest BCUT2D eigenvalue weighted by Crippen LogP contribution is -2.17. The van der Waals surface area contributed by atoms with Gasteiger partial charge in [0.15, 0.2) is 0 Å². The lowest BCUT2D eigenvalue weighted by molar-refractivity contribution is 0.406. The SMILES string of the molecule is COc1cc(N)c(Cl)cc1Cn1nc(-c2ccc(Cl)c(Cl)c2)oc1=O.Cl. The molecule has 0 spiro atoms. The van der Waals surface area contributed by atoms with Gasteiger partial charge in [-0.1, -0.05) is 34.8 Å². The molecule has 0 bridgehead atoms. The van der Waals surface area contributed by atoms with Crippen LogP contribution >= 0.6 is 47.2 Å². The average molecular weight is 437 g/mol. The third kappa shape index (κ3) is 4.10. The Bertz CT molecular complexity index is 1000. The van der Waals surface area contributed by atoms with Gasteiger partial charge >= 0.3 is 5.76 Å². The monoisotopic (exact) mass is 435 g/mol. The average Bonchev–Trinajstić information content (AvgIpc) is 2.94. The lowest BCUT2D eigenvalue weighted by atomic mass is 10.2. The molecule has 0 fully saturated rings. The van der Waals surface area contributed by atoms with Crippen LogP contribution in [-0.2, 0) is 6.54 Å². The molecule has 2 aromatic carbocycles. The van der Waals surface area contributed by atoms with Gasteiger partial charge in [-0.25, -0.2) is 4.79 Å². The van der Waals surface area contributed by atoms with E-state index in [0.29, 0.717) is 37.6 Å². The number of nitrogens with two attached hydrogens (primary N) is 1. The fourth-order valence-electron chi connectivity index (χ4n) is 2.24. The van der Waals surface area contributed by atoms with Gasteiger partial charge in [0, 0.05) is 17.2 Å². The Balaban J connectivity index is 0.00000243. The molecule has 3 rings (SSSR count). The van der Waals surface area contributed by atoms with Crippen molar-refractivity contribution in [3.05, 3.63) is 61.5 Å². The Hall–Kier alpha value is -1.86. The summed E-state index contributed by atoms with van der Waals surface area (Å²) in [6, 6.07) is 8.03. The van der Waals surface area contributed by atoms with Crippen molar-refractivity contribution in [3.63, 3.8) is 0 Å². The van der Waals surface area contributed by atoms with Crippen LogP contribution in [0.1, 0.15) is 5.56 Å². The number of ether oxygens (including phenoxy) is 1. The molecule has 6 nitrogen and oxygen atoms in total. The van der Waals surface area contributed by atoms with Gasteiger partial charge in [0.2, 0.25) is 5.89 Å². The van der Waals surface area contributed by atoms with Crippen molar-refractivity contribution in [2.24, 2.45) is 0 Å². The molecule has 0 aliphatic rings. The predicted molar refractivity (Wildman–Crippen MR) is 105 cm³/mol. The second kappa shape index (κ2) is 8.22. The van der Waals surface area contributed by atoms with Crippen LogP contribution in [0.4, 0.5) is 5.69 Å². The van der Waals surface area contributed by atoms with Crippen molar-refractivity contribution in [2.45, 2.75) is 6.54 Å². The number of benzene rings is 2. The number of nitrogen functional groups attached to an aromatic ring is 1. The van der Waals surface area contributed by atoms with Crippen LogP contribution in [0, 0.1) is 0 Å². The maximum Gasteiger partial charge on any atom is 0.437 e. The molecule has 1 aromatic heterocycles. The van der Waals surface area contributed by atoms with Gasteiger partial charge in [0.1, 0.15) is 5.75 Å². The zero-order valence-electron chi connectivity index (χ0n) is 13.3. The van der Waals surface area contributed by atoms with Crippen LogP contribution in [0.5, 0.6) is 5.75 Å². The van der Waals surface area contributed by atoms with Gasteiger partial charge < -0.3 is 14.9 Å². The molecular weight excluding hydrogens is 424 g/mol. The Kier molecular flexibility index (Phi) is 6.47. The van der Waals surface area contributed by atoms with Gasteiger partial charge in [0.05, 0.1) is 34.4 Å². The number of nitrogens with zero attached hydrogens (tertiary/aromatic N) is 2. The van der Waals surface area contributed by atoms with Crippen LogP contribution in [-0.4, -0.2) is 16.9 Å². The van der Waals surface area contributed by atoms with Crippen LogP contribution in [0.3, 0.4) is 0 Å². The quantitative estimate of drug-likeness (QED) is 0.607. The summed E-state index contributed by atoms with van der Waals surface area (Å²) in [6.07, 6.45) is 0. The molecule has 0 unspecified atom stereocenters. The van der Waals surface area contributed by atoms with E-state index in [2.05, 4.69) is 5.10 Å². The first kappa shape index (κ1) is 20.5. The molecule has 10 heteroatoms. The summed E-state index contributed by atoms with van der Waals surface area (Å²) >= 11 is 17.9. The largest absolute Gasteiger partial charge is 0.496 e. The van der Waals surface area contributed by atoms with E-state index in [1.807, 2.05) is 0 Å². The van der Waals surface area contributed by atoms with Crippen molar-refractivity contribution in [3.8, 4) is 17.2 Å².